The van der Waals surface area contributed by atoms with Gasteiger partial charge in [-0.25, -0.2) is 13.1 Å². The molecule has 2 aliphatic rings. The average Bonchev–Trinajstić information content (AvgIpc) is 3.58. The van der Waals surface area contributed by atoms with Crippen molar-refractivity contribution in [3.05, 3.63) is 82.4 Å². The summed E-state index contributed by atoms with van der Waals surface area (Å²) in [5.74, 6) is -1.32. The molecule has 11 heteroatoms. The van der Waals surface area contributed by atoms with Crippen LogP contribution in [-0.2, 0) is 27.9 Å². The minimum atomic E-state index is -3.73. The molecule has 3 heterocycles. The first-order chi connectivity index (χ1) is 19.7. The molecule has 6 rings (SSSR count). The highest BCUT2D eigenvalue weighted by atomic mass is 32.2. The molecule has 222 valence electrons. The van der Waals surface area contributed by atoms with E-state index in [1.54, 1.807) is 16.4 Å². The number of carbonyl (C=O) groups is 1. The maximum atomic E-state index is 14.0. The van der Waals surface area contributed by atoms with Crippen molar-refractivity contribution in [1.29, 1.82) is 0 Å². The van der Waals surface area contributed by atoms with Crippen LogP contribution in [0.4, 0.5) is 5.69 Å². The first-order valence-electron chi connectivity index (χ1n) is 14.2. The Morgan fingerprint density at radius 3 is 2.67 bits per heavy atom. The van der Waals surface area contributed by atoms with E-state index in [-0.39, 0.29) is 32.5 Å². The van der Waals surface area contributed by atoms with Crippen LogP contribution in [0.1, 0.15) is 59.9 Å². The second kappa shape index (κ2) is 11.7. The topological polar surface area (TPSA) is 109 Å². The summed E-state index contributed by atoms with van der Waals surface area (Å²) in [6.07, 6.45) is 1.89. The smallest absolute Gasteiger partial charge is 0.304 e. The van der Waals surface area contributed by atoms with Crippen LogP contribution in [0, 0.1) is 13.8 Å². The summed E-state index contributed by atoms with van der Waals surface area (Å²) in [6.45, 7) is 8.14. The molecule has 1 unspecified atom stereocenters. The normalized spacial score (nSPS) is 18.6. The zero-order chi connectivity index (χ0) is 28.9. The summed E-state index contributed by atoms with van der Waals surface area (Å²) in [7, 11) is -3.73. The van der Waals surface area contributed by atoms with E-state index in [1.807, 2.05) is 67.9 Å². The Labute approximate surface area is 253 Å². The quantitative estimate of drug-likeness (QED) is 0.316. The monoisotopic (exact) mass is 607 g/mol. The van der Waals surface area contributed by atoms with Gasteiger partial charge in [0.15, 0.2) is 0 Å². The van der Waals surface area contributed by atoms with E-state index >= 15 is 0 Å². The van der Waals surface area contributed by atoms with Gasteiger partial charge in [0, 0.05) is 38.1 Å². The maximum Gasteiger partial charge on any atom is 0.304 e. The third-order valence-corrected chi connectivity index (χ3v) is 10.6. The van der Waals surface area contributed by atoms with Crippen molar-refractivity contribution in [2.45, 2.75) is 70.0 Å². The number of para-hydroxylation sites is 1. The third-order valence-electron chi connectivity index (χ3n) is 8.74. The van der Waals surface area contributed by atoms with Crippen molar-refractivity contribution in [3.8, 4) is 0 Å². The number of fused-ring (bicyclic) bond motifs is 4. The standard InChI is InChI=1S/C31H35N5O4S.H2S/c1-4-36-28-14-13-25(21(3)31(28)32-33-36)26(17-30(37)38)22-12-11-20(2)23(16-22)18-34-19-24-8-7-15-35(24)27-9-5-6-10-29(27)41(34,39)40;/h5-6,9-14,16,24,26H,4,7-8,15,17-19H2,1-3H3,(H,37,38);1H2/t24-,26?;/m0./s1. The van der Waals surface area contributed by atoms with E-state index < -0.39 is 21.9 Å². The van der Waals surface area contributed by atoms with Crippen molar-refractivity contribution >= 4 is 46.2 Å². The van der Waals surface area contributed by atoms with Crippen LogP contribution in [0.2, 0.25) is 0 Å². The summed E-state index contributed by atoms with van der Waals surface area (Å²) < 4.78 is 31.4. The Bertz CT molecular complexity index is 1750. The van der Waals surface area contributed by atoms with Gasteiger partial charge in [-0.2, -0.15) is 17.8 Å². The molecule has 42 heavy (non-hydrogen) atoms. The molecule has 0 amide bonds. The number of aryl methyl sites for hydroxylation is 3. The lowest BCUT2D eigenvalue weighted by Crippen LogP contribution is -2.39. The fourth-order valence-electron chi connectivity index (χ4n) is 6.52. The number of hydrogen-bond donors (Lipinski definition) is 1. The molecule has 1 N–H and O–H groups in total. The second-order valence-corrected chi connectivity index (χ2v) is 13.1. The van der Waals surface area contributed by atoms with Crippen LogP contribution in [-0.4, -0.2) is 57.9 Å². The Hall–Kier alpha value is -3.41. The van der Waals surface area contributed by atoms with Crippen LogP contribution in [0.5, 0.6) is 0 Å². The van der Waals surface area contributed by atoms with Crippen molar-refractivity contribution < 1.29 is 18.3 Å². The Kier molecular flexibility index (Phi) is 8.37. The van der Waals surface area contributed by atoms with Gasteiger partial charge in [0.2, 0.25) is 10.0 Å². The molecule has 1 aromatic heterocycles. The molecule has 4 aromatic rings. The van der Waals surface area contributed by atoms with Gasteiger partial charge in [-0.05, 0) is 79.6 Å². The summed E-state index contributed by atoms with van der Waals surface area (Å²) >= 11 is 0. The first kappa shape index (κ1) is 30.1. The number of aromatic nitrogens is 3. The van der Waals surface area contributed by atoms with Crippen molar-refractivity contribution in [1.82, 2.24) is 19.3 Å². The highest BCUT2D eigenvalue weighted by Crippen LogP contribution is 2.39. The summed E-state index contributed by atoms with van der Waals surface area (Å²) in [4.78, 5) is 14.7. The van der Waals surface area contributed by atoms with Crippen LogP contribution < -0.4 is 4.90 Å². The fraction of sp³-hybridized carbons (Fsp3) is 0.387. The molecule has 0 radical (unpaired) electrons. The minimum Gasteiger partial charge on any atom is -0.481 e. The number of benzene rings is 3. The van der Waals surface area contributed by atoms with E-state index in [9.17, 15) is 18.3 Å². The predicted octanol–water partition coefficient (Wildman–Crippen LogP) is 4.96. The van der Waals surface area contributed by atoms with E-state index in [0.29, 0.717) is 18.0 Å². The van der Waals surface area contributed by atoms with E-state index in [2.05, 4.69) is 15.2 Å². The number of nitrogens with zero attached hydrogens (tertiary/aromatic N) is 5. The Balaban J connectivity index is 0.00000353. The molecule has 1 saturated heterocycles. The molecular weight excluding hydrogens is 571 g/mol. The number of hydrogen-bond acceptors (Lipinski definition) is 6. The Morgan fingerprint density at radius 1 is 1.12 bits per heavy atom. The van der Waals surface area contributed by atoms with Gasteiger partial charge in [0.1, 0.15) is 10.4 Å². The summed E-state index contributed by atoms with van der Waals surface area (Å²) in [5, 5.41) is 18.5. The van der Waals surface area contributed by atoms with Gasteiger partial charge < -0.3 is 10.0 Å². The average molecular weight is 608 g/mol. The minimum absolute atomic E-state index is 0. The number of aliphatic carboxylic acids is 1. The van der Waals surface area contributed by atoms with Crippen LogP contribution in [0.3, 0.4) is 0 Å². The molecule has 2 atom stereocenters. The summed E-state index contributed by atoms with van der Waals surface area (Å²) in [6, 6.07) is 17.3. The van der Waals surface area contributed by atoms with Gasteiger partial charge in [-0.3, -0.25) is 4.79 Å². The van der Waals surface area contributed by atoms with E-state index in [4.69, 9.17) is 0 Å². The number of anilines is 1. The number of rotatable bonds is 7. The zero-order valence-electron chi connectivity index (χ0n) is 24.1. The Morgan fingerprint density at radius 2 is 1.90 bits per heavy atom. The molecule has 9 nitrogen and oxygen atoms in total. The molecular formula is C31H37N5O4S2. The largest absolute Gasteiger partial charge is 0.481 e. The second-order valence-electron chi connectivity index (χ2n) is 11.1. The van der Waals surface area contributed by atoms with Crippen LogP contribution in [0.25, 0.3) is 11.0 Å². The lowest BCUT2D eigenvalue weighted by atomic mass is 9.84. The highest BCUT2D eigenvalue weighted by Gasteiger charge is 2.39. The van der Waals surface area contributed by atoms with Crippen molar-refractivity contribution in [2.24, 2.45) is 0 Å². The van der Waals surface area contributed by atoms with Gasteiger partial charge in [-0.1, -0.05) is 41.6 Å². The van der Waals surface area contributed by atoms with Crippen LogP contribution in [0.15, 0.2) is 59.5 Å². The van der Waals surface area contributed by atoms with E-state index in [1.165, 1.54) is 0 Å². The van der Waals surface area contributed by atoms with Gasteiger partial charge in [0.05, 0.1) is 17.6 Å². The van der Waals surface area contributed by atoms with Gasteiger partial charge in [0.25, 0.3) is 0 Å². The number of carboxylic acid groups (broad SMARTS) is 1. The number of carboxylic acids is 1. The van der Waals surface area contributed by atoms with Gasteiger partial charge >= 0.3 is 5.97 Å². The zero-order valence-corrected chi connectivity index (χ0v) is 25.9. The predicted molar refractivity (Wildman–Crippen MR) is 168 cm³/mol. The van der Waals surface area contributed by atoms with Crippen molar-refractivity contribution in [3.63, 3.8) is 0 Å². The lowest BCUT2D eigenvalue weighted by molar-refractivity contribution is -0.137. The third kappa shape index (κ3) is 5.18. The maximum absolute atomic E-state index is 14.0. The molecule has 0 bridgehead atoms. The van der Waals surface area contributed by atoms with Crippen molar-refractivity contribution in [2.75, 3.05) is 18.0 Å². The fourth-order valence-corrected chi connectivity index (χ4v) is 8.18. The molecule has 0 aliphatic carbocycles. The highest BCUT2D eigenvalue weighted by molar-refractivity contribution is 7.89. The summed E-state index contributed by atoms with van der Waals surface area (Å²) in [5.41, 5.74) is 6.95. The first-order valence-corrected chi connectivity index (χ1v) is 15.6. The van der Waals surface area contributed by atoms with E-state index in [0.717, 1.165) is 63.9 Å². The SMILES string of the molecule is CCn1nnc2c(C)c(C(CC(=O)O)c3ccc(C)c(CN4C[C@@H]5CCCN5c5ccccc5S4(=O)=O)c3)ccc21.S. The number of sulfonamides is 1. The molecule has 1 fully saturated rings. The molecule has 2 aliphatic heterocycles. The molecule has 3 aromatic carbocycles. The van der Waals surface area contributed by atoms with Gasteiger partial charge in [-0.15, -0.1) is 5.10 Å². The molecule has 0 saturated carbocycles. The lowest BCUT2D eigenvalue weighted by Gasteiger charge is -2.27. The molecule has 0 spiro atoms. The van der Waals surface area contributed by atoms with Crippen LogP contribution >= 0.6 is 13.5 Å².